The summed E-state index contributed by atoms with van der Waals surface area (Å²) in [4.78, 5) is 14.3. The van der Waals surface area contributed by atoms with Crippen LogP contribution in [-0.2, 0) is 17.8 Å². The molecule has 108 valence electrons. The van der Waals surface area contributed by atoms with Crippen molar-refractivity contribution in [3.8, 4) is 5.75 Å². The third-order valence-electron chi connectivity index (χ3n) is 3.97. The Labute approximate surface area is 125 Å². The molecular weight excluding hydrogens is 262 g/mol. The van der Waals surface area contributed by atoms with E-state index >= 15 is 0 Å². The van der Waals surface area contributed by atoms with E-state index in [1.165, 1.54) is 11.1 Å². The van der Waals surface area contributed by atoms with E-state index < -0.39 is 6.10 Å². The number of carbonyl (C=O) groups is 1. The van der Waals surface area contributed by atoms with Gasteiger partial charge in [0.1, 0.15) is 5.75 Å². The predicted octanol–water partition coefficient (Wildman–Crippen LogP) is 2.96. The van der Waals surface area contributed by atoms with Crippen molar-refractivity contribution in [3.05, 3.63) is 65.2 Å². The summed E-state index contributed by atoms with van der Waals surface area (Å²) in [6.45, 7) is 2.68. The molecule has 0 bridgehead atoms. The molecule has 1 aliphatic heterocycles. The van der Waals surface area contributed by atoms with Crippen LogP contribution in [0.4, 0.5) is 0 Å². The van der Waals surface area contributed by atoms with Crippen LogP contribution < -0.4 is 4.74 Å². The van der Waals surface area contributed by atoms with Crippen molar-refractivity contribution in [2.45, 2.75) is 26.0 Å². The molecule has 1 amide bonds. The highest BCUT2D eigenvalue weighted by Crippen LogP contribution is 2.29. The quantitative estimate of drug-likeness (QED) is 0.865. The van der Waals surface area contributed by atoms with Gasteiger partial charge in [0.25, 0.3) is 5.91 Å². The Hall–Kier alpha value is -2.29. The molecule has 0 aliphatic carbocycles. The van der Waals surface area contributed by atoms with Gasteiger partial charge in [-0.15, -0.1) is 0 Å². The molecule has 1 unspecified atom stereocenters. The van der Waals surface area contributed by atoms with E-state index in [9.17, 15) is 4.79 Å². The smallest absolute Gasteiger partial charge is 0.264 e. The third kappa shape index (κ3) is 2.77. The monoisotopic (exact) mass is 281 g/mol. The van der Waals surface area contributed by atoms with Crippen molar-refractivity contribution in [2.24, 2.45) is 0 Å². The highest BCUT2D eigenvalue weighted by Gasteiger charge is 2.30. The van der Waals surface area contributed by atoms with E-state index in [1.54, 1.807) is 4.90 Å². The topological polar surface area (TPSA) is 29.5 Å². The summed E-state index contributed by atoms with van der Waals surface area (Å²) < 4.78 is 5.77. The number of amides is 1. The molecule has 0 saturated carbocycles. The molecule has 0 spiro atoms. The number of hydrogen-bond donors (Lipinski definition) is 0. The molecule has 1 heterocycles. The first kappa shape index (κ1) is 13.7. The molecule has 3 rings (SSSR count). The Morgan fingerprint density at radius 2 is 1.90 bits per heavy atom. The fourth-order valence-electron chi connectivity index (χ4n) is 2.69. The van der Waals surface area contributed by atoms with Gasteiger partial charge in [0.15, 0.2) is 6.10 Å². The second-order valence-electron chi connectivity index (χ2n) is 5.54. The molecular formula is C18H19NO2. The van der Waals surface area contributed by atoms with Crippen molar-refractivity contribution in [1.29, 1.82) is 0 Å². The number of nitrogens with zero attached hydrogens (tertiary/aromatic N) is 1. The highest BCUT2D eigenvalue weighted by atomic mass is 16.5. The van der Waals surface area contributed by atoms with Crippen LogP contribution >= 0.6 is 0 Å². The maximum Gasteiger partial charge on any atom is 0.264 e. The van der Waals surface area contributed by atoms with Gasteiger partial charge in [-0.2, -0.15) is 0 Å². The third-order valence-corrected chi connectivity index (χ3v) is 3.97. The first-order valence-corrected chi connectivity index (χ1v) is 7.19. The van der Waals surface area contributed by atoms with Crippen LogP contribution in [0.25, 0.3) is 0 Å². The van der Waals surface area contributed by atoms with Crippen molar-refractivity contribution in [1.82, 2.24) is 4.90 Å². The van der Waals surface area contributed by atoms with Gasteiger partial charge in [0.2, 0.25) is 0 Å². The summed E-state index contributed by atoms with van der Waals surface area (Å²) in [5, 5.41) is 0. The van der Waals surface area contributed by atoms with Crippen LogP contribution in [0.5, 0.6) is 5.75 Å². The van der Waals surface area contributed by atoms with Crippen molar-refractivity contribution >= 4 is 5.91 Å². The minimum absolute atomic E-state index is 0.0365. The Morgan fingerprint density at radius 1 is 1.19 bits per heavy atom. The number of carbonyl (C=O) groups excluding carboxylic acids is 1. The number of rotatable bonds is 3. The molecule has 1 aliphatic rings. The van der Waals surface area contributed by atoms with Crippen LogP contribution in [0, 0.1) is 6.92 Å². The number of aryl methyl sites for hydroxylation is 1. The zero-order chi connectivity index (χ0) is 14.8. The standard InChI is InChI=1S/C18H19NO2/c1-13-7-3-4-9-15(13)12-19(2)18(20)17-11-14-8-5-6-10-16(14)21-17/h3-10,17H,11-12H2,1-2H3. The second kappa shape index (κ2) is 5.60. The van der Waals surface area contributed by atoms with Gasteiger partial charge in [-0.3, -0.25) is 4.79 Å². The van der Waals surface area contributed by atoms with Crippen LogP contribution in [0.15, 0.2) is 48.5 Å². The molecule has 2 aromatic carbocycles. The van der Waals surface area contributed by atoms with Gasteiger partial charge < -0.3 is 9.64 Å². The first-order valence-electron chi connectivity index (χ1n) is 7.19. The average molecular weight is 281 g/mol. The molecule has 21 heavy (non-hydrogen) atoms. The van der Waals surface area contributed by atoms with Gasteiger partial charge in [0, 0.05) is 20.0 Å². The van der Waals surface area contributed by atoms with E-state index in [1.807, 2.05) is 43.4 Å². The summed E-state index contributed by atoms with van der Waals surface area (Å²) >= 11 is 0. The number of ether oxygens (including phenoxy) is 1. The molecule has 0 saturated heterocycles. The van der Waals surface area contributed by atoms with E-state index in [4.69, 9.17) is 4.74 Å². The Kier molecular flexibility index (Phi) is 3.65. The summed E-state index contributed by atoms with van der Waals surface area (Å²) in [6.07, 6.45) is 0.268. The zero-order valence-corrected chi connectivity index (χ0v) is 12.4. The van der Waals surface area contributed by atoms with E-state index in [2.05, 4.69) is 19.1 Å². The Morgan fingerprint density at radius 3 is 2.67 bits per heavy atom. The lowest BCUT2D eigenvalue weighted by molar-refractivity contribution is -0.137. The number of fused-ring (bicyclic) bond motifs is 1. The molecule has 1 atom stereocenters. The van der Waals surface area contributed by atoms with Gasteiger partial charge in [0.05, 0.1) is 0 Å². The molecule has 0 N–H and O–H groups in total. The van der Waals surface area contributed by atoms with Gasteiger partial charge in [-0.1, -0.05) is 42.5 Å². The molecule has 3 nitrogen and oxygen atoms in total. The Balaban J connectivity index is 1.68. The largest absolute Gasteiger partial charge is 0.480 e. The van der Waals surface area contributed by atoms with E-state index in [0.717, 1.165) is 11.3 Å². The summed E-state index contributed by atoms with van der Waals surface area (Å²) in [5.74, 6) is 0.870. The molecule has 2 aromatic rings. The zero-order valence-electron chi connectivity index (χ0n) is 12.4. The Bertz CT molecular complexity index is 641. The number of hydrogen-bond acceptors (Lipinski definition) is 2. The van der Waals surface area contributed by atoms with Gasteiger partial charge in [-0.25, -0.2) is 0 Å². The van der Waals surface area contributed by atoms with Crippen LogP contribution in [0.2, 0.25) is 0 Å². The lowest BCUT2D eigenvalue weighted by Gasteiger charge is -2.21. The average Bonchev–Trinajstić information content (AvgIpc) is 2.92. The molecule has 0 aromatic heterocycles. The van der Waals surface area contributed by atoms with Gasteiger partial charge >= 0.3 is 0 Å². The minimum Gasteiger partial charge on any atom is -0.480 e. The fraction of sp³-hybridized carbons (Fsp3) is 0.278. The minimum atomic E-state index is -0.392. The van der Waals surface area contributed by atoms with Crippen LogP contribution in [0.3, 0.4) is 0 Å². The van der Waals surface area contributed by atoms with Crippen molar-refractivity contribution in [3.63, 3.8) is 0 Å². The number of benzene rings is 2. The summed E-state index contributed by atoms with van der Waals surface area (Å²) in [6, 6.07) is 16.0. The molecule has 0 radical (unpaired) electrons. The maximum atomic E-state index is 12.5. The summed E-state index contributed by atoms with van der Waals surface area (Å²) in [5.41, 5.74) is 3.48. The SMILES string of the molecule is Cc1ccccc1CN(C)C(=O)C1Cc2ccccc2O1. The lowest BCUT2D eigenvalue weighted by Crippen LogP contribution is -2.38. The van der Waals surface area contributed by atoms with Crippen LogP contribution in [0.1, 0.15) is 16.7 Å². The highest BCUT2D eigenvalue weighted by molar-refractivity contribution is 5.82. The maximum absolute atomic E-state index is 12.5. The fourth-order valence-corrected chi connectivity index (χ4v) is 2.69. The second-order valence-corrected chi connectivity index (χ2v) is 5.54. The molecule has 0 fully saturated rings. The molecule has 3 heteroatoms. The van der Waals surface area contributed by atoms with Crippen LogP contribution in [-0.4, -0.2) is 24.0 Å². The number of likely N-dealkylation sites (N-methyl/N-ethyl adjacent to an activating group) is 1. The normalized spacial score (nSPS) is 16.2. The predicted molar refractivity (Wildman–Crippen MR) is 82.2 cm³/mol. The van der Waals surface area contributed by atoms with E-state index in [-0.39, 0.29) is 5.91 Å². The summed E-state index contributed by atoms with van der Waals surface area (Å²) in [7, 11) is 1.83. The first-order chi connectivity index (χ1) is 10.1. The number of para-hydroxylation sites is 1. The van der Waals surface area contributed by atoms with Crippen molar-refractivity contribution in [2.75, 3.05) is 7.05 Å². The van der Waals surface area contributed by atoms with Gasteiger partial charge in [-0.05, 0) is 29.7 Å². The lowest BCUT2D eigenvalue weighted by atomic mass is 10.1. The van der Waals surface area contributed by atoms with E-state index in [0.29, 0.717) is 13.0 Å². The van der Waals surface area contributed by atoms with Crippen molar-refractivity contribution < 1.29 is 9.53 Å².